The molecule has 4 heteroatoms. The molecule has 0 aliphatic rings. The lowest BCUT2D eigenvalue weighted by atomic mass is 9.95. The second kappa shape index (κ2) is 5.47. The zero-order valence-electron chi connectivity index (χ0n) is 11.5. The molecule has 1 aromatic carbocycles. The van der Waals surface area contributed by atoms with Crippen molar-refractivity contribution in [1.82, 2.24) is 5.32 Å². The fourth-order valence-electron chi connectivity index (χ4n) is 2.43. The summed E-state index contributed by atoms with van der Waals surface area (Å²) in [5.41, 5.74) is 2.69. The van der Waals surface area contributed by atoms with Gasteiger partial charge in [-0.25, -0.2) is 4.39 Å². The van der Waals surface area contributed by atoms with E-state index in [0.29, 0.717) is 5.56 Å². The Balaban J connectivity index is 2.59. The lowest BCUT2D eigenvalue weighted by molar-refractivity contribution is 0.494. The Morgan fingerprint density at radius 3 is 2.42 bits per heavy atom. The fourth-order valence-corrected chi connectivity index (χ4v) is 2.80. The first-order valence-corrected chi connectivity index (χ1v) is 6.93. The van der Waals surface area contributed by atoms with Crippen LogP contribution in [0.1, 0.15) is 34.3 Å². The molecule has 0 fully saturated rings. The molecular weight excluding hydrogens is 309 g/mol. The van der Waals surface area contributed by atoms with E-state index in [1.54, 1.807) is 12.1 Å². The predicted molar refractivity (Wildman–Crippen MR) is 77.9 cm³/mol. The second-order valence-corrected chi connectivity index (χ2v) is 5.56. The van der Waals surface area contributed by atoms with Crippen molar-refractivity contribution in [3.8, 4) is 0 Å². The van der Waals surface area contributed by atoms with Gasteiger partial charge in [-0.05, 0) is 51.6 Å². The summed E-state index contributed by atoms with van der Waals surface area (Å²) in [6, 6.07) is 4.76. The van der Waals surface area contributed by atoms with Crippen molar-refractivity contribution in [3.63, 3.8) is 0 Å². The summed E-state index contributed by atoms with van der Waals surface area (Å²) in [5.74, 6) is 1.48. The number of aryl methyl sites for hydroxylation is 2. The Morgan fingerprint density at radius 2 is 1.89 bits per heavy atom. The van der Waals surface area contributed by atoms with Crippen LogP contribution in [0.4, 0.5) is 4.39 Å². The van der Waals surface area contributed by atoms with Gasteiger partial charge in [0.1, 0.15) is 17.3 Å². The maximum atomic E-state index is 14.1. The molecule has 0 saturated carbocycles. The molecule has 19 heavy (non-hydrogen) atoms. The monoisotopic (exact) mass is 325 g/mol. The quantitative estimate of drug-likeness (QED) is 0.903. The molecule has 2 rings (SSSR count). The van der Waals surface area contributed by atoms with Crippen LogP contribution in [0.5, 0.6) is 0 Å². The van der Waals surface area contributed by atoms with Gasteiger partial charge < -0.3 is 9.73 Å². The van der Waals surface area contributed by atoms with Gasteiger partial charge in [-0.1, -0.05) is 15.9 Å². The molecule has 0 aliphatic carbocycles. The summed E-state index contributed by atoms with van der Waals surface area (Å²) in [6.07, 6.45) is 0. The zero-order chi connectivity index (χ0) is 14.2. The van der Waals surface area contributed by atoms with Crippen molar-refractivity contribution in [2.75, 3.05) is 7.05 Å². The molecule has 1 N–H and O–H groups in total. The third-order valence-corrected chi connectivity index (χ3v) is 3.96. The molecule has 1 aromatic heterocycles. The topological polar surface area (TPSA) is 25.2 Å². The summed E-state index contributed by atoms with van der Waals surface area (Å²) in [7, 11) is 1.83. The number of furan rings is 1. The van der Waals surface area contributed by atoms with E-state index in [0.717, 1.165) is 27.1 Å². The summed E-state index contributed by atoms with van der Waals surface area (Å²) >= 11 is 3.39. The Kier molecular flexibility index (Phi) is 4.11. The van der Waals surface area contributed by atoms with Crippen LogP contribution < -0.4 is 5.32 Å². The van der Waals surface area contributed by atoms with Crippen molar-refractivity contribution < 1.29 is 8.81 Å². The van der Waals surface area contributed by atoms with E-state index in [-0.39, 0.29) is 11.9 Å². The Morgan fingerprint density at radius 1 is 1.21 bits per heavy atom. The maximum Gasteiger partial charge on any atom is 0.128 e. The fraction of sp³-hybridized carbons (Fsp3) is 0.333. The molecule has 2 aromatic rings. The van der Waals surface area contributed by atoms with Gasteiger partial charge >= 0.3 is 0 Å². The highest BCUT2D eigenvalue weighted by Gasteiger charge is 2.23. The molecular formula is C15H17BrFNO. The van der Waals surface area contributed by atoms with Crippen LogP contribution in [0, 0.1) is 26.6 Å². The van der Waals surface area contributed by atoms with Gasteiger partial charge in [0.2, 0.25) is 0 Å². The summed E-state index contributed by atoms with van der Waals surface area (Å²) < 4.78 is 20.6. The molecule has 1 heterocycles. The summed E-state index contributed by atoms with van der Waals surface area (Å²) in [6.45, 7) is 5.84. The van der Waals surface area contributed by atoms with Crippen molar-refractivity contribution >= 4 is 15.9 Å². The van der Waals surface area contributed by atoms with Gasteiger partial charge in [0.05, 0.1) is 6.04 Å². The molecule has 0 radical (unpaired) electrons. The lowest BCUT2D eigenvalue weighted by Crippen LogP contribution is -2.20. The largest absolute Gasteiger partial charge is 0.466 e. The van der Waals surface area contributed by atoms with Gasteiger partial charge in [-0.15, -0.1) is 0 Å². The average Bonchev–Trinajstić information content (AvgIpc) is 2.61. The average molecular weight is 326 g/mol. The van der Waals surface area contributed by atoms with Crippen LogP contribution in [0.25, 0.3) is 0 Å². The van der Waals surface area contributed by atoms with Crippen molar-refractivity contribution in [2.24, 2.45) is 0 Å². The normalized spacial score (nSPS) is 12.7. The van der Waals surface area contributed by atoms with Crippen molar-refractivity contribution in [1.29, 1.82) is 0 Å². The van der Waals surface area contributed by atoms with E-state index in [1.807, 2.05) is 27.8 Å². The van der Waals surface area contributed by atoms with Gasteiger partial charge in [0.15, 0.2) is 0 Å². The highest BCUT2D eigenvalue weighted by Crippen LogP contribution is 2.33. The Hall–Kier alpha value is -1.13. The van der Waals surface area contributed by atoms with Gasteiger partial charge in [-0.3, -0.25) is 0 Å². The number of rotatable bonds is 3. The Bertz CT molecular complexity index is 606. The number of halogens is 2. The van der Waals surface area contributed by atoms with E-state index in [1.165, 1.54) is 6.07 Å². The third kappa shape index (κ3) is 2.60. The summed E-state index contributed by atoms with van der Waals surface area (Å²) in [4.78, 5) is 0. The molecule has 0 amide bonds. The SMILES string of the molecule is CNC(c1cc(Br)ccc1F)c1c(C)oc(C)c1C. The van der Waals surface area contributed by atoms with Crippen molar-refractivity contribution in [2.45, 2.75) is 26.8 Å². The minimum atomic E-state index is -0.222. The highest BCUT2D eigenvalue weighted by molar-refractivity contribution is 9.10. The number of hydrogen-bond donors (Lipinski definition) is 1. The van der Waals surface area contributed by atoms with Crippen LogP contribution in [0.15, 0.2) is 27.1 Å². The third-order valence-electron chi connectivity index (χ3n) is 3.46. The van der Waals surface area contributed by atoms with Crippen LogP contribution in [-0.2, 0) is 0 Å². The van der Waals surface area contributed by atoms with Gasteiger partial charge in [-0.2, -0.15) is 0 Å². The van der Waals surface area contributed by atoms with E-state index < -0.39 is 0 Å². The van der Waals surface area contributed by atoms with Gasteiger partial charge in [0.25, 0.3) is 0 Å². The number of benzene rings is 1. The summed E-state index contributed by atoms with van der Waals surface area (Å²) in [5, 5.41) is 3.18. The van der Waals surface area contributed by atoms with E-state index in [9.17, 15) is 4.39 Å². The zero-order valence-corrected chi connectivity index (χ0v) is 13.1. The van der Waals surface area contributed by atoms with Crippen LogP contribution in [0.2, 0.25) is 0 Å². The first kappa shape index (κ1) is 14.3. The number of hydrogen-bond acceptors (Lipinski definition) is 2. The minimum Gasteiger partial charge on any atom is -0.466 e. The van der Waals surface area contributed by atoms with Gasteiger partial charge in [0, 0.05) is 15.6 Å². The molecule has 0 bridgehead atoms. The smallest absolute Gasteiger partial charge is 0.128 e. The minimum absolute atomic E-state index is 0.213. The Labute approximate surface area is 121 Å². The molecule has 2 nitrogen and oxygen atoms in total. The molecule has 1 unspecified atom stereocenters. The molecule has 0 aliphatic heterocycles. The van der Waals surface area contributed by atoms with Crippen LogP contribution >= 0.6 is 15.9 Å². The first-order valence-electron chi connectivity index (χ1n) is 6.14. The van der Waals surface area contributed by atoms with Crippen LogP contribution in [-0.4, -0.2) is 7.05 Å². The van der Waals surface area contributed by atoms with E-state index in [2.05, 4.69) is 21.2 Å². The van der Waals surface area contributed by atoms with Crippen molar-refractivity contribution in [3.05, 3.63) is 56.7 Å². The second-order valence-electron chi connectivity index (χ2n) is 4.64. The van der Waals surface area contributed by atoms with Crippen LogP contribution in [0.3, 0.4) is 0 Å². The molecule has 0 saturated heterocycles. The number of nitrogens with one attached hydrogen (secondary N) is 1. The predicted octanol–water partition coefficient (Wildman–Crippen LogP) is 4.42. The molecule has 1 atom stereocenters. The maximum absolute atomic E-state index is 14.1. The lowest BCUT2D eigenvalue weighted by Gasteiger charge is -2.18. The highest BCUT2D eigenvalue weighted by atomic mass is 79.9. The standard InChI is InChI=1S/C15H17BrFNO/c1-8-9(2)19-10(3)14(8)15(18-4)12-7-11(16)5-6-13(12)17/h5-7,15,18H,1-4H3. The molecule has 0 spiro atoms. The van der Waals surface area contributed by atoms with E-state index in [4.69, 9.17) is 4.42 Å². The molecule has 102 valence electrons. The first-order chi connectivity index (χ1) is 8.95. The van der Waals surface area contributed by atoms with E-state index >= 15 is 0 Å².